The Morgan fingerprint density at radius 2 is 0.741 bits per heavy atom. The fourth-order valence-electron chi connectivity index (χ4n) is 6.96. The summed E-state index contributed by atoms with van der Waals surface area (Å²) in [7, 11) is 0. The van der Waals surface area contributed by atoms with Gasteiger partial charge in [0.1, 0.15) is 23.5 Å². The Hall–Kier alpha value is -7.87. The van der Waals surface area contributed by atoms with Gasteiger partial charge in [0.15, 0.2) is 17.5 Å². The van der Waals surface area contributed by atoms with Crippen LogP contribution in [0.5, 0.6) is 0 Å². The van der Waals surface area contributed by atoms with Gasteiger partial charge >= 0.3 is 0 Å². The van der Waals surface area contributed by atoms with Gasteiger partial charge in [0.25, 0.3) is 0 Å². The lowest BCUT2D eigenvalue weighted by molar-refractivity contribution is 1.07. The van der Waals surface area contributed by atoms with Crippen molar-refractivity contribution in [2.24, 2.45) is 0 Å². The molecule has 0 saturated carbocycles. The number of pyridine rings is 2. The van der Waals surface area contributed by atoms with E-state index in [-0.39, 0.29) is 0 Å². The first kappa shape index (κ1) is 32.1. The van der Waals surface area contributed by atoms with Crippen LogP contribution in [-0.2, 0) is 0 Å². The summed E-state index contributed by atoms with van der Waals surface area (Å²) in [5, 5.41) is 23.2. The largest absolute Gasteiger partial charge is 0.237 e. The molecule has 0 amide bonds. The molecule has 9 aromatic rings. The number of nitriles is 2. The van der Waals surface area contributed by atoms with E-state index in [1.54, 1.807) is 12.1 Å². The average molecular weight is 690 g/mol. The zero-order chi connectivity index (χ0) is 36.4. The number of hydrogen-bond acceptors (Lipinski definition) is 7. The molecule has 0 aliphatic heterocycles. The van der Waals surface area contributed by atoms with E-state index in [1.807, 2.05) is 103 Å². The Bertz CT molecular complexity index is 2900. The molecule has 54 heavy (non-hydrogen) atoms. The molecule has 0 aliphatic rings. The van der Waals surface area contributed by atoms with Crippen LogP contribution in [0.4, 0.5) is 0 Å². The van der Waals surface area contributed by atoms with Crippen LogP contribution in [0.3, 0.4) is 0 Å². The predicted octanol–water partition coefficient (Wildman–Crippen LogP) is 10.7. The summed E-state index contributed by atoms with van der Waals surface area (Å²) in [4.78, 5) is 24.2. The van der Waals surface area contributed by atoms with E-state index in [1.165, 1.54) is 0 Å². The number of aromatic nitrogens is 5. The van der Waals surface area contributed by atoms with Crippen molar-refractivity contribution < 1.29 is 0 Å². The third kappa shape index (κ3) is 5.88. The van der Waals surface area contributed by atoms with E-state index < -0.39 is 0 Å². The van der Waals surface area contributed by atoms with Gasteiger partial charge in [-0.05, 0) is 63.0 Å². The molecule has 3 heterocycles. The molecule has 0 aliphatic carbocycles. The molecule has 0 bridgehead atoms. The van der Waals surface area contributed by atoms with Crippen LogP contribution in [0.2, 0.25) is 0 Å². The summed E-state index contributed by atoms with van der Waals surface area (Å²) < 4.78 is 0. The van der Waals surface area contributed by atoms with Gasteiger partial charge in [0.2, 0.25) is 0 Å². The highest BCUT2D eigenvalue weighted by Crippen LogP contribution is 2.43. The van der Waals surface area contributed by atoms with Crippen LogP contribution in [0.25, 0.3) is 89.4 Å². The first-order valence-electron chi connectivity index (χ1n) is 17.4. The van der Waals surface area contributed by atoms with Gasteiger partial charge in [-0.3, -0.25) is 0 Å². The molecule has 0 spiro atoms. The maximum absolute atomic E-state index is 9.64. The van der Waals surface area contributed by atoms with Gasteiger partial charge in [0, 0.05) is 27.8 Å². The fraction of sp³-hybridized carbons (Fsp3) is 0. The van der Waals surface area contributed by atoms with Gasteiger partial charge in [-0.15, -0.1) is 0 Å². The van der Waals surface area contributed by atoms with Crippen molar-refractivity contribution in [1.29, 1.82) is 10.5 Å². The van der Waals surface area contributed by atoms with Crippen molar-refractivity contribution in [3.05, 3.63) is 175 Å². The number of nitrogens with zero attached hydrogens (tertiary/aromatic N) is 7. The highest BCUT2D eigenvalue weighted by Gasteiger charge is 2.19. The van der Waals surface area contributed by atoms with Crippen LogP contribution < -0.4 is 0 Å². The van der Waals surface area contributed by atoms with Gasteiger partial charge in [-0.25, -0.2) is 24.9 Å². The van der Waals surface area contributed by atoms with E-state index >= 15 is 0 Å². The molecule has 7 heteroatoms. The minimum atomic E-state index is 0.368. The van der Waals surface area contributed by atoms with E-state index in [0.717, 1.165) is 71.9 Å². The second-order valence-corrected chi connectivity index (χ2v) is 12.7. The third-order valence-corrected chi connectivity index (χ3v) is 9.43. The second kappa shape index (κ2) is 13.7. The molecule has 7 nitrogen and oxygen atoms in total. The zero-order valence-corrected chi connectivity index (χ0v) is 28.7. The summed E-state index contributed by atoms with van der Waals surface area (Å²) in [5.41, 5.74) is 8.77. The summed E-state index contributed by atoms with van der Waals surface area (Å²) in [6, 6.07) is 58.2. The highest BCUT2D eigenvalue weighted by molar-refractivity contribution is 6.21. The maximum atomic E-state index is 9.64. The number of hydrogen-bond donors (Lipinski definition) is 0. The SMILES string of the molecule is N#Cc1cccc(-c2ccc(-c3nc(-c4ccccc4)nc(-c4cccc(-c5c6ccccc6c(-c6cccc(C#N)n6)c6ccccc56)c4)n3)cc2)n1. The summed E-state index contributed by atoms with van der Waals surface area (Å²) in [6.07, 6.45) is 0. The molecule has 250 valence electrons. The number of fused-ring (bicyclic) bond motifs is 2. The van der Waals surface area contributed by atoms with Crippen LogP contribution in [0.1, 0.15) is 11.4 Å². The molecule has 0 saturated heterocycles. The lowest BCUT2D eigenvalue weighted by Crippen LogP contribution is -2.00. The first-order valence-corrected chi connectivity index (χ1v) is 17.4. The van der Waals surface area contributed by atoms with E-state index in [9.17, 15) is 10.5 Å². The van der Waals surface area contributed by atoms with E-state index in [0.29, 0.717) is 28.9 Å². The minimum Gasteiger partial charge on any atom is -0.237 e. The zero-order valence-electron chi connectivity index (χ0n) is 28.7. The average Bonchev–Trinajstić information content (AvgIpc) is 3.25. The number of rotatable bonds is 6. The smallest absolute Gasteiger partial charge is 0.164 e. The standard InChI is InChI=1S/C47H27N7/c48-28-35-15-9-21-41(50-35)30-23-25-32(26-24-30)46-52-45(31-11-2-1-3-12-31)53-47(54-46)34-14-8-13-33(27-34)43-37-17-4-6-19-39(37)44(40-20-7-5-18-38(40)43)42-22-10-16-36(29-49)51-42/h1-27H. The van der Waals surface area contributed by atoms with Crippen molar-refractivity contribution in [2.45, 2.75) is 0 Å². The van der Waals surface area contributed by atoms with Gasteiger partial charge < -0.3 is 0 Å². The molecule has 0 fully saturated rings. The first-order chi connectivity index (χ1) is 26.7. The predicted molar refractivity (Wildman–Crippen MR) is 212 cm³/mol. The van der Waals surface area contributed by atoms with E-state index in [4.69, 9.17) is 19.9 Å². The van der Waals surface area contributed by atoms with Crippen LogP contribution in [-0.4, -0.2) is 24.9 Å². The molecule has 3 aromatic heterocycles. The summed E-state index contributed by atoms with van der Waals surface area (Å²) in [6.45, 7) is 0. The van der Waals surface area contributed by atoms with Gasteiger partial charge in [0.05, 0.1) is 11.4 Å². The van der Waals surface area contributed by atoms with Crippen LogP contribution in [0, 0.1) is 22.7 Å². The minimum absolute atomic E-state index is 0.368. The van der Waals surface area contributed by atoms with Gasteiger partial charge in [-0.2, -0.15) is 10.5 Å². The molecule has 0 N–H and O–H groups in total. The van der Waals surface area contributed by atoms with E-state index in [2.05, 4.69) is 65.7 Å². The molecule has 0 atom stereocenters. The Labute approximate surface area is 311 Å². The molecular weight excluding hydrogens is 663 g/mol. The molecule has 9 rings (SSSR count). The van der Waals surface area contributed by atoms with Crippen LogP contribution >= 0.6 is 0 Å². The number of benzene rings is 6. The van der Waals surface area contributed by atoms with Gasteiger partial charge in [-0.1, -0.05) is 133 Å². The molecule has 0 unspecified atom stereocenters. The lowest BCUT2D eigenvalue weighted by Gasteiger charge is -2.17. The normalized spacial score (nSPS) is 10.9. The van der Waals surface area contributed by atoms with Crippen molar-refractivity contribution in [1.82, 2.24) is 24.9 Å². The molecule has 0 radical (unpaired) electrons. The van der Waals surface area contributed by atoms with Crippen molar-refractivity contribution in [2.75, 3.05) is 0 Å². The maximum Gasteiger partial charge on any atom is 0.164 e. The highest BCUT2D eigenvalue weighted by atomic mass is 15.0. The topological polar surface area (TPSA) is 112 Å². The van der Waals surface area contributed by atoms with Crippen molar-refractivity contribution >= 4 is 21.5 Å². The quantitative estimate of drug-likeness (QED) is 0.160. The lowest BCUT2D eigenvalue weighted by atomic mass is 9.87. The molecule has 6 aromatic carbocycles. The summed E-state index contributed by atoms with van der Waals surface area (Å²) in [5.74, 6) is 1.67. The summed E-state index contributed by atoms with van der Waals surface area (Å²) >= 11 is 0. The van der Waals surface area contributed by atoms with Crippen molar-refractivity contribution in [3.63, 3.8) is 0 Å². The Morgan fingerprint density at radius 3 is 1.33 bits per heavy atom. The van der Waals surface area contributed by atoms with Crippen LogP contribution in [0.15, 0.2) is 164 Å². The monoisotopic (exact) mass is 689 g/mol. The fourth-order valence-corrected chi connectivity index (χ4v) is 6.96. The third-order valence-electron chi connectivity index (χ3n) is 9.43. The Balaban J connectivity index is 1.20. The van der Waals surface area contributed by atoms with Crippen molar-refractivity contribution in [3.8, 4) is 79.9 Å². The Kier molecular flexibility index (Phi) is 8.13. The Morgan fingerprint density at radius 1 is 0.315 bits per heavy atom. The molecular formula is C47H27N7. The second-order valence-electron chi connectivity index (χ2n) is 12.7.